The van der Waals surface area contributed by atoms with E-state index in [1.807, 2.05) is 12.1 Å². The Morgan fingerprint density at radius 1 is 1.38 bits per heavy atom. The number of halogens is 1. The van der Waals surface area contributed by atoms with Crippen LogP contribution in [0.2, 0.25) is 0 Å². The summed E-state index contributed by atoms with van der Waals surface area (Å²) in [6, 6.07) is 8.26. The van der Waals surface area contributed by atoms with Crippen LogP contribution >= 0.6 is 15.9 Å². The molecule has 0 spiro atoms. The molecule has 0 N–H and O–H groups in total. The second-order valence-electron chi connectivity index (χ2n) is 3.53. The maximum atomic E-state index is 11.1. The molecule has 2 heteroatoms. The van der Waals surface area contributed by atoms with Crippen LogP contribution in [0.3, 0.4) is 0 Å². The number of hydrogen-bond donors (Lipinski definition) is 0. The molecule has 1 nitrogen and oxygen atoms in total. The first-order chi connectivity index (χ1) is 6.25. The topological polar surface area (TPSA) is 17.1 Å². The Bertz CT molecular complexity index is 333. The van der Waals surface area contributed by atoms with Crippen molar-refractivity contribution >= 4 is 21.7 Å². The SMILES string of the molecule is O=C1CC[C@H](c2cccc(Br)c2)C1. The first kappa shape index (κ1) is 8.95. The van der Waals surface area contributed by atoms with Gasteiger partial charge in [-0.05, 0) is 30.0 Å². The summed E-state index contributed by atoms with van der Waals surface area (Å²) in [5.74, 6) is 0.870. The molecule has 0 heterocycles. The summed E-state index contributed by atoms with van der Waals surface area (Å²) in [5.41, 5.74) is 1.29. The summed E-state index contributed by atoms with van der Waals surface area (Å²) in [6.45, 7) is 0. The minimum Gasteiger partial charge on any atom is -0.300 e. The second kappa shape index (κ2) is 3.62. The van der Waals surface area contributed by atoms with Crippen molar-refractivity contribution in [1.82, 2.24) is 0 Å². The molecule has 1 aliphatic rings. The molecule has 0 amide bonds. The standard InChI is InChI=1S/C11H11BrO/c12-10-3-1-2-8(6-10)9-4-5-11(13)7-9/h1-3,6,9H,4-5,7H2/t9-/m0/s1. The van der Waals surface area contributed by atoms with Crippen molar-refractivity contribution in [2.45, 2.75) is 25.2 Å². The third-order valence-corrected chi connectivity index (χ3v) is 3.06. The van der Waals surface area contributed by atoms with E-state index in [0.29, 0.717) is 11.7 Å². The molecular weight excluding hydrogens is 228 g/mol. The van der Waals surface area contributed by atoms with E-state index in [1.165, 1.54) is 5.56 Å². The third kappa shape index (κ3) is 1.99. The van der Waals surface area contributed by atoms with Crippen LogP contribution in [0.1, 0.15) is 30.7 Å². The van der Waals surface area contributed by atoms with Gasteiger partial charge in [0.1, 0.15) is 5.78 Å². The highest BCUT2D eigenvalue weighted by Gasteiger charge is 2.23. The highest BCUT2D eigenvalue weighted by atomic mass is 79.9. The number of rotatable bonds is 1. The zero-order chi connectivity index (χ0) is 9.26. The van der Waals surface area contributed by atoms with Gasteiger partial charge in [-0.2, -0.15) is 0 Å². The van der Waals surface area contributed by atoms with Gasteiger partial charge in [0, 0.05) is 17.3 Å². The Morgan fingerprint density at radius 2 is 2.23 bits per heavy atom. The largest absolute Gasteiger partial charge is 0.300 e. The maximum absolute atomic E-state index is 11.1. The van der Waals surface area contributed by atoms with Gasteiger partial charge in [-0.3, -0.25) is 4.79 Å². The van der Waals surface area contributed by atoms with E-state index in [4.69, 9.17) is 0 Å². The first-order valence-electron chi connectivity index (χ1n) is 4.53. The highest BCUT2D eigenvalue weighted by Crippen LogP contribution is 2.32. The van der Waals surface area contributed by atoms with Gasteiger partial charge in [0.15, 0.2) is 0 Å². The average Bonchev–Trinajstić information content (AvgIpc) is 2.52. The van der Waals surface area contributed by atoms with E-state index < -0.39 is 0 Å². The van der Waals surface area contributed by atoms with Gasteiger partial charge in [0.05, 0.1) is 0 Å². The minimum absolute atomic E-state index is 0.407. The molecule has 0 aliphatic heterocycles. The van der Waals surface area contributed by atoms with Gasteiger partial charge in [0.25, 0.3) is 0 Å². The molecule has 0 bridgehead atoms. The van der Waals surface area contributed by atoms with E-state index in [-0.39, 0.29) is 0 Å². The lowest BCUT2D eigenvalue weighted by atomic mass is 9.98. The Kier molecular flexibility index (Phi) is 2.49. The first-order valence-corrected chi connectivity index (χ1v) is 5.32. The highest BCUT2D eigenvalue weighted by molar-refractivity contribution is 9.10. The van der Waals surface area contributed by atoms with Crippen molar-refractivity contribution in [3.8, 4) is 0 Å². The van der Waals surface area contributed by atoms with E-state index in [1.54, 1.807) is 0 Å². The van der Waals surface area contributed by atoms with Crippen molar-refractivity contribution in [3.05, 3.63) is 34.3 Å². The quantitative estimate of drug-likeness (QED) is 0.734. The fraction of sp³-hybridized carbons (Fsp3) is 0.364. The number of benzene rings is 1. The van der Waals surface area contributed by atoms with Crippen LogP contribution in [0.4, 0.5) is 0 Å². The molecule has 0 aromatic heterocycles. The molecule has 0 radical (unpaired) electrons. The summed E-state index contributed by atoms with van der Waals surface area (Å²) < 4.78 is 1.10. The van der Waals surface area contributed by atoms with Crippen LogP contribution < -0.4 is 0 Å². The molecule has 1 saturated carbocycles. The molecule has 1 aliphatic carbocycles. The molecule has 1 aromatic carbocycles. The Labute approximate surface area is 86.3 Å². The summed E-state index contributed by atoms with van der Waals surface area (Å²) in [4.78, 5) is 11.1. The van der Waals surface area contributed by atoms with Crippen molar-refractivity contribution in [3.63, 3.8) is 0 Å². The van der Waals surface area contributed by atoms with Crippen LogP contribution in [0.25, 0.3) is 0 Å². The summed E-state index contributed by atoms with van der Waals surface area (Å²) in [7, 11) is 0. The molecule has 1 aromatic rings. The van der Waals surface area contributed by atoms with Crippen molar-refractivity contribution in [2.75, 3.05) is 0 Å². The zero-order valence-corrected chi connectivity index (χ0v) is 8.88. The lowest BCUT2D eigenvalue weighted by Gasteiger charge is -2.07. The molecule has 0 unspecified atom stereocenters. The van der Waals surface area contributed by atoms with E-state index >= 15 is 0 Å². The van der Waals surface area contributed by atoms with Crippen LogP contribution in [0.5, 0.6) is 0 Å². The molecular formula is C11H11BrO. The van der Waals surface area contributed by atoms with Crippen LogP contribution in [0.15, 0.2) is 28.7 Å². The van der Waals surface area contributed by atoms with Gasteiger partial charge >= 0.3 is 0 Å². The number of carbonyl (C=O) groups excluding carboxylic acids is 1. The predicted molar refractivity (Wildman–Crippen MR) is 55.7 cm³/mol. The normalized spacial score (nSPS) is 22.2. The van der Waals surface area contributed by atoms with E-state index in [0.717, 1.165) is 23.7 Å². The molecule has 1 fully saturated rings. The molecule has 0 saturated heterocycles. The third-order valence-electron chi connectivity index (χ3n) is 2.57. The smallest absolute Gasteiger partial charge is 0.133 e. The van der Waals surface area contributed by atoms with Gasteiger partial charge in [-0.25, -0.2) is 0 Å². The van der Waals surface area contributed by atoms with Crippen molar-refractivity contribution in [2.24, 2.45) is 0 Å². The zero-order valence-electron chi connectivity index (χ0n) is 7.29. The molecule has 68 valence electrons. The van der Waals surface area contributed by atoms with Crippen LogP contribution in [-0.4, -0.2) is 5.78 Å². The molecule has 2 rings (SSSR count). The fourth-order valence-electron chi connectivity index (χ4n) is 1.86. The predicted octanol–water partition coefficient (Wildman–Crippen LogP) is 3.29. The lowest BCUT2D eigenvalue weighted by molar-refractivity contribution is -0.117. The Morgan fingerprint density at radius 3 is 2.85 bits per heavy atom. The van der Waals surface area contributed by atoms with E-state index in [2.05, 4.69) is 28.1 Å². The van der Waals surface area contributed by atoms with Gasteiger partial charge < -0.3 is 0 Å². The number of carbonyl (C=O) groups is 1. The average molecular weight is 239 g/mol. The van der Waals surface area contributed by atoms with Crippen molar-refractivity contribution < 1.29 is 4.79 Å². The van der Waals surface area contributed by atoms with Gasteiger partial charge in [0.2, 0.25) is 0 Å². The number of ketones is 1. The van der Waals surface area contributed by atoms with E-state index in [9.17, 15) is 4.79 Å². The lowest BCUT2D eigenvalue weighted by Crippen LogP contribution is -1.93. The Hall–Kier alpha value is -0.630. The van der Waals surface area contributed by atoms with Crippen LogP contribution in [0, 0.1) is 0 Å². The summed E-state index contributed by atoms with van der Waals surface area (Å²) in [5, 5.41) is 0. The second-order valence-corrected chi connectivity index (χ2v) is 4.45. The van der Waals surface area contributed by atoms with Gasteiger partial charge in [-0.15, -0.1) is 0 Å². The van der Waals surface area contributed by atoms with Crippen molar-refractivity contribution in [1.29, 1.82) is 0 Å². The van der Waals surface area contributed by atoms with Crippen LogP contribution in [-0.2, 0) is 4.79 Å². The van der Waals surface area contributed by atoms with Gasteiger partial charge in [-0.1, -0.05) is 28.1 Å². The fourth-order valence-corrected chi connectivity index (χ4v) is 2.28. The molecule has 13 heavy (non-hydrogen) atoms. The number of hydrogen-bond acceptors (Lipinski definition) is 1. The summed E-state index contributed by atoms with van der Waals surface area (Å²) in [6.07, 6.45) is 2.52. The minimum atomic E-state index is 0.407. The molecule has 1 atom stereocenters. The Balaban J connectivity index is 2.21. The summed E-state index contributed by atoms with van der Waals surface area (Å²) >= 11 is 3.44. The number of Topliss-reactive ketones (excluding diaryl/α,β-unsaturated/α-hetero) is 1. The maximum Gasteiger partial charge on any atom is 0.133 e. The monoisotopic (exact) mass is 238 g/mol.